The van der Waals surface area contributed by atoms with E-state index >= 15 is 0 Å². The number of carbonyl (C=O) groups excluding carboxylic acids is 1. The first-order valence-corrected chi connectivity index (χ1v) is 5.35. The molecule has 1 saturated heterocycles. The molecule has 90 valence electrons. The Balaban J connectivity index is 0.00000196. The maximum Gasteiger partial charge on any atom is 0.249 e. The summed E-state index contributed by atoms with van der Waals surface area (Å²) in [7, 11) is 1.87. The summed E-state index contributed by atoms with van der Waals surface area (Å²) in [6.45, 7) is 3.56. The summed E-state index contributed by atoms with van der Waals surface area (Å²) < 4.78 is 5.57. The summed E-state index contributed by atoms with van der Waals surface area (Å²) in [6, 6.07) is 0. The average molecular weight is 237 g/mol. The second-order valence-corrected chi connectivity index (χ2v) is 3.63. The van der Waals surface area contributed by atoms with E-state index < -0.39 is 0 Å². The third kappa shape index (κ3) is 4.82. The zero-order valence-electron chi connectivity index (χ0n) is 9.41. The van der Waals surface area contributed by atoms with Crippen LogP contribution in [0.25, 0.3) is 0 Å². The monoisotopic (exact) mass is 236 g/mol. The van der Waals surface area contributed by atoms with Crippen LogP contribution in [0.3, 0.4) is 0 Å². The van der Waals surface area contributed by atoms with Gasteiger partial charge in [-0.1, -0.05) is 6.92 Å². The van der Waals surface area contributed by atoms with Crippen LogP contribution in [0, 0.1) is 0 Å². The molecular weight excluding hydrogens is 216 g/mol. The maximum absolute atomic E-state index is 11.5. The highest BCUT2D eigenvalue weighted by atomic mass is 35.5. The van der Waals surface area contributed by atoms with E-state index in [1.54, 1.807) is 0 Å². The first kappa shape index (κ1) is 14.7. The summed E-state index contributed by atoms with van der Waals surface area (Å²) >= 11 is 0. The standard InChI is InChI=1S/C10H20N2O2.ClH/c1-3-8-4-5-9(14-8)10(13)12-7-6-11-2;/h8-9,11H,3-7H2,1-2H3,(H,12,13);1H. The summed E-state index contributed by atoms with van der Waals surface area (Å²) in [5.41, 5.74) is 0. The predicted molar refractivity (Wildman–Crippen MR) is 62.4 cm³/mol. The lowest BCUT2D eigenvalue weighted by Crippen LogP contribution is -2.38. The van der Waals surface area contributed by atoms with E-state index in [9.17, 15) is 4.79 Å². The molecule has 5 heteroatoms. The van der Waals surface area contributed by atoms with Crippen LogP contribution in [0.5, 0.6) is 0 Å². The van der Waals surface area contributed by atoms with Crippen molar-refractivity contribution in [3.63, 3.8) is 0 Å². The molecule has 4 nitrogen and oxygen atoms in total. The van der Waals surface area contributed by atoms with E-state index in [4.69, 9.17) is 4.74 Å². The zero-order valence-corrected chi connectivity index (χ0v) is 10.2. The fourth-order valence-electron chi connectivity index (χ4n) is 1.62. The molecule has 2 unspecified atom stereocenters. The third-order valence-electron chi connectivity index (χ3n) is 2.53. The van der Waals surface area contributed by atoms with Crippen molar-refractivity contribution in [1.29, 1.82) is 0 Å². The smallest absolute Gasteiger partial charge is 0.249 e. The highest BCUT2D eigenvalue weighted by molar-refractivity contribution is 5.85. The summed E-state index contributed by atoms with van der Waals surface area (Å²) in [6.07, 6.45) is 2.96. The van der Waals surface area contributed by atoms with Gasteiger partial charge in [0.05, 0.1) is 6.10 Å². The van der Waals surface area contributed by atoms with Crippen molar-refractivity contribution in [1.82, 2.24) is 10.6 Å². The number of ether oxygens (including phenoxy) is 1. The number of amides is 1. The van der Waals surface area contributed by atoms with E-state index in [-0.39, 0.29) is 30.5 Å². The lowest BCUT2D eigenvalue weighted by Gasteiger charge is -2.12. The lowest BCUT2D eigenvalue weighted by molar-refractivity contribution is -0.132. The summed E-state index contributed by atoms with van der Waals surface area (Å²) in [5.74, 6) is 0.0381. The Morgan fingerprint density at radius 3 is 2.67 bits per heavy atom. The fourth-order valence-corrected chi connectivity index (χ4v) is 1.62. The number of likely N-dealkylation sites (N-methyl/N-ethyl adjacent to an activating group) is 1. The van der Waals surface area contributed by atoms with Gasteiger partial charge in [0.25, 0.3) is 0 Å². The molecule has 2 atom stereocenters. The molecule has 0 spiro atoms. The van der Waals surface area contributed by atoms with Crippen molar-refractivity contribution in [2.45, 2.75) is 38.4 Å². The van der Waals surface area contributed by atoms with Crippen molar-refractivity contribution < 1.29 is 9.53 Å². The Bertz CT molecular complexity index is 190. The first-order valence-electron chi connectivity index (χ1n) is 5.35. The van der Waals surface area contributed by atoms with Crippen LogP contribution in [0.15, 0.2) is 0 Å². The highest BCUT2D eigenvalue weighted by Crippen LogP contribution is 2.21. The van der Waals surface area contributed by atoms with Gasteiger partial charge >= 0.3 is 0 Å². The Morgan fingerprint density at radius 1 is 1.40 bits per heavy atom. The van der Waals surface area contributed by atoms with Gasteiger partial charge in [-0.25, -0.2) is 0 Å². The zero-order chi connectivity index (χ0) is 10.4. The molecule has 1 rings (SSSR count). The van der Waals surface area contributed by atoms with Crippen LogP contribution >= 0.6 is 12.4 Å². The normalized spacial score (nSPS) is 24.7. The molecule has 15 heavy (non-hydrogen) atoms. The van der Waals surface area contributed by atoms with Crippen molar-refractivity contribution in [2.24, 2.45) is 0 Å². The molecule has 0 bridgehead atoms. The number of hydrogen-bond donors (Lipinski definition) is 2. The SMILES string of the molecule is CCC1CCC(C(=O)NCCNC)O1.Cl. The van der Waals surface area contributed by atoms with E-state index in [2.05, 4.69) is 17.6 Å². The first-order chi connectivity index (χ1) is 6.77. The van der Waals surface area contributed by atoms with Crippen LogP contribution in [0.4, 0.5) is 0 Å². The predicted octanol–water partition coefficient (Wildman–Crippen LogP) is 0.701. The second kappa shape index (κ2) is 7.91. The van der Waals surface area contributed by atoms with Gasteiger partial charge in [0.15, 0.2) is 0 Å². The topological polar surface area (TPSA) is 50.4 Å². The molecule has 0 aromatic carbocycles. The minimum atomic E-state index is -0.211. The fraction of sp³-hybridized carbons (Fsp3) is 0.900. The molecule has 2 N–H and O–H groups in total. The molecule has 0 aromatic rings. The molecular formula is C10H21ClN2O2. The minimum absolute atomic E-state index is 0. The Hall–Kier alpha value is -0.320. The van der Waals surface area contributed by atoms with Gasteiger partial charge in [-0.05, 0) is 26.3 Å². The van der Waals surface area contributed by atoms with Gasteiger partial charge in [-0.15, -0.1) is 12.4 Å². The molecule has 0 aromatic heterocycles. The number of halogens is 1. The van der Waals surface area contributed by atoms with Crippen LogP contribution in [0.2, 0.25) is 0 Å². The Kier molecular flexibility index (Phi) is 7.74. The van der Waals surface area contributed by atoms with E-state index in [0.717, 1.165) is 25.8 Å². The Morgan fingerprint density at radius 2 is 2.13 bits per heavy atom. The van der Waals surface area contributed by atoms with Gasteiger partial charge in [0, 0.05) is 13.1 Å². The van der Waals surface area contributed by atoms with Gasteiger partial charge in [0.1, 0.15) is 6.10 Å². The quantitative estimate of drug-likeness (QED) is 0.691. The molecule has 1 fully saturated rings. The summed E-state index contributed by atoms with van der Waals surface area (Å²) in [5, 5.41) is 5.82. The van der Waals surface area contributed by atoms with E-state index in [0.29, 0.717) is 6.54 Å². The molecule has 1 aliphatic heterocycles. The van der Waals surface area contributed by atoms with Crippen molar-refractivity contribution in [3.05, 3.63) is 0 Å². The Labute approximate surface area is 97.5 Å². The largest absolute Gasteiger partial charge is 0.365 e. The van der Waals surface area contributed by atoms with E-state index in [1.807, 2.05) is 7.05 Å². The summed E-state index contributed by atoms with van der Waals surface area (Å²) in [4.78, 5) is 11.5. The van der Waals surface area contributed by atoms with E-state index in [1.165, 1.54) is 0 Å². The van der Waals surface area contributed by atoms with Gasteiger partial charge < -0.3 is 15.4 Å². The maximum atomic E-state index is 11.5. The van der Waals surface area contributed by atoms with Crippen LogP contribution in [-0.2, 0) is 9.53 Å². The van der Waals surface area contributed by atoms with Gasteiger partial charge in [-0.3, -0.25) is 4.79 Å². The number of rotatable bonds is 5. The van der Waals surface area contributed by atoms with Crippen molar-refractivity contribution in [3.8, 4) is 0 Å². The minimum Gasteiger partial charge on any atom is -0.365 e. The van der Waals surface area contributed by atoms with Crippen molar-refractivity contribution >= 4 is 18.3 Å². The van der Waals surface area contributed by atoms with Crippen LogP contribution in [0.1, 0.15) is 26.2 Å². The second-order valence-electron chi connectivity index (χ2n) is 3.63. The molecule has 0 radical (unpaired) electrons. The molecule has 1 amide bonds. The van der Waals surface area contributed by atoms with Gasteiger partial charge in [-0.2, -0.15) is 0 Å². The van der Waals surface area contributed by atoms with Gasteiger partial charge in [0.2, 0.25) is 5.91 Å². The van der Waals surface area contributed by atoms with Crippen molar-refractivity contribution in [2.75, 3.05) is 20.1 Å². The lowest BCUT2D eigenvalue weighted by atomic mass is 10.1. The molecule has 0 saturated carbocycles. The molecule has 1 aliphatic rings. The number of nitrogens with one attached hydrogen (secondary N) is 2. The number of carbonyl (C=O) groups is 1. The average Bonchev–Trinajstić information content (AvgIpc) is 2.66. The van der Waals surface area contributed by atoms with Crippen LogP contribution in [-0.4, -0.2) is 38.3 Å². The highest BCUT2D eigenvalue weighted by Gasteiger charge is 2.29. The van der Waals surface area contributed by atoms with Crippen LogP contribution < -0.4 is 10.6 Å². The molecule has 1 heterocycles. The molecule has 0 aliphatic carbocycles. The number of hydrogen-bond acceptors (Lipinski definition) is 3. The third-order valence-corrected chi connectivity index (χ3v) is 2.53.